The quantitative estimate of drug-likeness (QED) is 0.648. The molecule has 0 bridgehead atoms. The van der Waals surface area contributed by atoms with Gasteiger partial charge in [0.25, 0.3) is 0 Å². The van der Waals surface area contributed by atoms with Crippen LogP contribution in [0.4, 0.5) is 0 Å². The minimum Gasteiger partial charge on any atom is -0.451 e. The molecule has 0 aromatic heterocycles. The number of rotatable bonds is 2. The summed E-state index contributed by atoms with van der Waals surface area (Å²) in [7, 11) is 0. The summed E-state index contributed by atoms with van der Waals surface area (Å²) in [6.07, 6.45) is 8.19. The maximum absolute atomic E-state index is 12.8. The van der Waals surface area contributed by atoms with Crippen LogP contribution in [0, 0.1) is 34.5 Å². The topological polar surface area (TPSA) is 60.4 Å². The molecular weight excluding hydrogens is 352 g/mol. The van der Waals surface area contributed by atoms with Crippen LogP contribution in [-0.4, -0.2) is 23.1 Å². The summed E-state index contributed by atoms with van der Waals surface area (Å²) in [5, 5.41) is 0. The van der Waals surface area contributed by atoms with Crippen molar-refractivity contribution in [3.05, 3.63) is 11.6 Å². The Kier molecular flexibility index (Phi) is 4.45. The van der Waals surface area contributed by atoms with E-state index < -0.39 is 5.60 Å². The third-order valence-electron chi connectivity index (χ3n) is 9.29. The van der Waals surface area contributed by atoms with Crippen LogP contribution in [0.2, 0.25) is 0 Å². The van der Waals surface area contributed by atoms with E-state index >= 15 is 0 Å². The van der Waals surface area contributed by atoms with Gasteiger partial charge < -0.3 is 4.74 Å². The number of fused-ring (bicyclic) bond motifs is 5. The van der Waals surface area contributed by atoms with E-state index in [0.29, 0.717) is 36.5 Å². The summed E-state index contributed by atoms with van der Waals surface area (Å²) in [4.78, 5) is 36.8. The highest BCUT2D eigenvalue weighted by Gasteiger charge is 2.68. The van der Waals surface area contributed by atoms with Crippen molar-refractivity contribution in [2.45, 2.75) is 85.2 Å². The van der Waals surface area contributed by atoms with Crippen LogP contribution >= 0.6 is 0 Å². The number of allylic oxidation sites excluding steroid dienone is 1. The van der Waals surface area contributed by atoms with Gasteiger partial charge in [0.1, 0.15) is 0 Å². The highest BCUT2D eigenvalue weighted by atomic mass is 16.6. The molecule has 0 spiro atoms. The molecule has 0 aromatic carbocycles. The average Bonchev–Trinajstić information content (AvgIpc) is 2.90. The molecule has 0 N–H and O–H groups in total. The van der Waals surface area contributed by atoms with Crippen LogP contribution in [-0.2, 0) is 19.1 Å². The fourth-order valence-electron chi connectivity index (χ4n) is 8.05. The zero-order valence-corrected chi connectivity index (χ0v) is 18.0. The van der Waals surface area contributed by atoms with Gasteiger partial charge in [0, 0.05) is 18.8 Å². The Morgan fingerprint density at radius 3 is 2.39 bits per heavy atom. The summed E-state index contributed by atoms with van der Waals surface area (Å²) in [5.41, 5.74) is 0.218. The third-order valence-corrected chi connectivity index (χ3v) is 9.29. The van der Waals surface area contributed by atoms with Crippen molar-refractivity contribution in [1.82, 2.24) is 0 Å². The molecule has 7 atom stereocenters. The van der Waals surface area contributed by atoms with Crippen molar-refractivity contribution >= 4 is 17.5 Å². The van der Waals surface area contributed by atoms with Crippen molar-refractivity contribution in [2.75, 3.05) is 0 Å². The number of ketones is 2. The molecule has 4 rings (SSSR count). The van der Waals surface area contributed by atoms with Gasteiger partial charge in [-0.2, -0.15) is 0 Å². The summed E-state index contributed by atoms with van der Waals surface area (Å²) < 4.78 is 5.84. The smallest absolute Gasteiger partial charge is 0.303 e. The number of carbonyl (C=O) groups excluding carboxylic acids is 3. The van der Waals surface area contributed by atoms with E-state index in [1.54, 1.807) is 6.92 Å². The summed E-state index contributed by atoms with van der Waals surface area (Å²) in [6.45, 7) is 9.87. The lowest BCUT2D eigenvalue weighted by molar-refractivity contribution is -0.187. The molecule has 4 heteroatoms. The second kappa shape index (κ2) is 6.27. The minimum absolute atomic E-state index is 0.00469. The molecule has 154 valence electrons. The molecule has 0 unspecified atom stereocenters. The van der Waals surface area contributed by atoms with Crippen molar-refractivity contribution in [3.8, 4) is 0 Å². The Morgan fingerprint density at radius 2 is 1.75 bits per heavy atom. The molecule has 0 radical (unpaired) electrons. The van der Waals surface area contributed by atoms with Gasteiger partial charge in [-0.05, 0) is 80.6 Å². The molecule has 3 fully saturated rings. The Bertz CT molecular complexity index is 767. The maximum atomic E-state index is 12.8. The van der Waals surface area contributed by atoms with Gasteiger partial charge in [-0.3, -0.25) is 14.4 Å². The first-order valence-corrected chi connectivity index (χ1v) is 11.0. The van der Waals surface area contributed by atoms with E-state index in [9.17, 15) is 14.4 Å². The van der Waals surface area contributed by atoms with E-state index in [1.807, 2.05) is 6.08 Å². The minimum atomic E-state index is -0.961. The highest BCUT2D eigenvalue weighted by Crippen LogP contribution is 2.69. The predicted octanol–water partition coefficient (Wildman–Crippen LogP) is 4.66. The largest absolute Gasteiger partial charge is 0.451 e. The van der Waals surface area contributed by atoms with Crippen LogP contribution in [0.25, 0.3) is 0 Å². The number of carbonyl (C=O) groups is 3. The van der Waals surface area contributed by atoms with E-state index in [-0.39, 0.29) is 28.4 Å². The molecule has 0 aromatic rings. The van der Waals surface area contributed by atoms with E-state index in [1.165, 1.54) is 12.5 Å². The number of esters is 1. The Morgan fingerprint density at radius 1 is 1.07 bits per heavy atom. The van der Waals surface area contributed by atoms with E-state index in [4.69, 9.17) is 4.74 Å². The molecule has 4 aliphatic carbocycles. The molecule has 0 amide bonds. The van der Waals surface area contributed by atoms with Gasteiger partial charge >= 0.3 is 5.97 Å². The normalized spacial score (nSPS) is 47.5. The molecule has 4 nitrogen and oxygen atoms in total. The highest BCUT2D eigenvalue weighted by molar-refractivity contribution is 5.92. The van der Waals surface area contributed by atoms with Gasteiger partial charge in [0.15, 0.2) is 17.2 Å². The predicted molar refractivity (Wildman–Crippen MR) is 106 cm³/mol. The fraction of sp³-hybridized carbons (Fsp3) is 0.792. The number of Topliss-reactive ketones (excluding diaryl/α,β-unsaturated/α-hetero) is 1. The van der Waals surface area contributed by atoms with Crippen LogP contribution < -0.4 is 0 Å². The lowest BCUT2D eigenvalue weighted by atomic mass is 9.44. The number of hydrogen-bond donors (Lipinski definition) is 0. The first-order valence-electron chi connectivity index (χ1n) is 11.0. The molecule has 0 heterocycles. The van der Waals surface area contributed by atoms with Crippen LogP contribution in [0.3, 0.4) is 0 Å². The lowest BCUT2D eigenvalue weighted by Gasteiger charge is -2.60. The number of ether oxygens (including phenoxy) is 1. The van der Waals surface area contributed by atoms with Crippen LogP contribution in [0.1, 0.15) is 79.6 Å². The lowest BCUT2D eigenvalue weighted by Crippen LogP contribution is -2.59. The molecular formula is C24H34O4. The zero-order chi connectivity index (χ0) is 20.5. The van der Waals surface area contributed by atoms with Crippen molar-refractivity contribution in [3.63, 3.8) is 0 Å². The third kappa shape index (κ3) is 2.45. The van der Waals surface area contributed by atoms with Crippen molar-refractivity contribution in [1.29, 1.82) is 0 Å². The maximum Gasteiger partial charge on any atom is 0.303 e. The summed E-state index contributed by atoms with van der Waals surface area (Å²) in [6, 6.07) is 0. The second-order valence-corrected chi connectivity index (χ2v) is 10.5. The monoisotopic (exact) mass is 386 g/mol. The van der Waals surface area contributed by atoms with Crippen LogP contribution in [0.15, 0.2) is 11.6 Å². The first kappa shape index (κ1) is 19.8. The molecule has 0 aliphatic heterocycles. The molecule has 3 saturated carbocycles. The van der Waals surface area contributed by atoms with Crippen LogP contribution in [0.5, 0.6) is 0 Å². The zero-order valence-electron chi connectivity index (χ0n) is 18.0. The van der Waals surface area contributed by atoms with Gasteiger partial charge in [-0.15, -0.1) is 0 Å². The van der Waals surface area contributed by atoms with Gasteiger partial charge in [0.05, 0.1) is 0 Å². The van der Waals surface area contributed by atoms with E-state index in [2.05, 4.69) is 20.8 Å². The van der Waals surface area contributed by atoms with Gasteiger partial charge in [0.2, 0.25) is 0 Å². The molecule has 0 saturated heterocycles. The standard InChI is InChI=1S/C24H34O4/c1-14-12-18-19(22(4)9-6-17(27)13-21(14)22)7-10-23(5)20(18)8-11-24(23,15(2)25)28-16(3)26/h13-14,18-20H,6-12H2,1-5H3/t14-,18+,19+,20+,22+,23-,24-/m0/s1. The fourth-order valence-corrected chi connectivity index (χ4v) is 8.05. The Balaban J connectivity index is 1.73. The Labute approximate surface area is 168 Å². The SMILES string of the molecule is CC(=O)O[C@]1(C(C)=O)CC[C@@H]2[C@@H]3C[C@H](C)C4=CC(=O)CC[C@]4(C)[C@@H]3CC[C@@]21C. The summed E-state index contributed by atoms with van der Waals surface area (Å²) >= 11 is 0. The Hall–Kier alpha value is -1.45. The second-order valence-electron chi connectivity index (χ2n) is 10.5. The summed E-state index contributed by atoms with van der Waals surface area (Å²) in [5.74, 6) is 1.82. The first-order chi connectivity index (χ1) is 13.0. The average molecular weight is 387 g/mol. The molecule has 28 heavy (non-hydrogen) atoms. The number of hydrogen-bond acceptors (Lipinski definition) is 4. The van der Waals surface area contributed by atoms with Gasteiger partial charge in [-0.1, -0.05) is 26.3 Å². The van der Waals surface area contributed by atoms with Crippen molar-refractivity contribution in [2.24, 2.45) is 34.5 Å². The van der Waals surface area contributed by atoms with E-state index in [0.717, 1.165) is 32.1 Å². The van der Waals surface area contributed by atoms with Gasteiger partial charge in [-0.25, -0.2) is 0 Å². The van der Waals surface area contributed by atoms with Crippen molar-refractivity contribution < 1.29 is 19.1 Å². The molecule has 4 aliphatic rings.